The van der Waals surface area contributed by atoms with Crippen LogP contribution in [-0.4, -0.2) is 17.2 Å². The highest BCUT2D eigenvalue weighted by Crippen LogP contribution is 2.32. The molecule has 5 nitrogen and oxygen atoms in total. The Balaban J connectivity index is 1.69. The molecule has 1 N–H and O–H groups in total. The number of ether oxygens (including phenoxy) is 1. The lowest BCUT2D eigenvalue weighted by molar-refractivity contribution is 0.373. The molecule has 2 aromatic carbocycles. The van der Waals surface area contributed by atoms with Gasteiger partial charge in [0.1, 0.15) is 22.4 Å². The predicted octanol–water partition coefficient (Wildman–Crippen LogP) is 5.33. The molecule has 0 atom stereocenters. The first kappa shape index (κ1) is 16.9. The molecule has 0 amide bonds. The van der Waals surface area contributed by atoms with Gasteiger partial charge in [-0.3, -0.25) is 0 Å². The molecule has 0 bridgehead atoms. The summed E-state index contributed by atoms with van der Waals surface area (Å²) in [6.45, 7) is 0. The number of thiazole rings is 1. The van der Waals surface area contributed by atoms with Gasteiger partial charge >= 0.3 is 0 Å². The van der Waals surface area contributed by atoms with E-state index in [0.29, 0.717) is 27.8 Å². The van der Waals surface area contributed by atoms with Crippen LogP contribution in [0.1, 0.15) is 10.6 Å². The van der Waals surface area contributed by atoms with Crippen molar-refractivity contribution < 1.29 is 14.3 Å². The lowest BCUT2D eigenvalue weighted by atomic mass is 10.1. The Labute approximate surface area is 159 Å². The number of fused-ring (bicyclic) bond motifs is 1. The fourth-order valence-corrected chi connectivity index (χ4v) is 3.49. The van der Waals surface area contributed by atoms with E-state index >= 15 is 0 Å². The van der Waals surface area contributed by atoms with Crippen LogP contribution in [-0.2, 0) is 0 Å². The molecular formula is C21H14N2O3S. The number of benzene rings is 2. The quantitative estimate of drug-likeness (QED) is 0.488. The first-order valence-corrected chi connectivity index (χ1v) is 8.99. The number of phenols is 1. The fraction of sp³-hybridized carbons (Fsp3) is 0.0476. The zero-order valence-electron chi connectivity index (χ0n) is 14.3. The van der Waals surface area contributed by atoms with Gasteiger partial charge in [-0.1, -0.05) is 24.3 Å². The van der Waals surface area contributed by atoms with Gasteiger partial charge in [-0.2, -0.15) is 5.26 Å². The topological polar surface area (TPSA) is 79.3 Å². The van der Waals surface area contributed by atoms with E-state index in [1.165, 1.54) is 24.5 Å². The van der Waals surface area contributed by atoms with Crippen LogP contribution >= 0.6 is 11.3 Å². The van der Waals surface area contributed by atoms with Crippen LogP contribution in [0.3, 0.4) is 0 Å². The predicted molar refractivity (Wildman–Crippen MR) is 105 cm³/mol. The Morgan fingerprint density at radius 1 is 1.26 bits per heavy atom. The van der Waals surface area contributed by atoms with Gasteiger partial charge in [0.2, 0.25) is 0 Å². The number of nitriles is 1. The number of hydrogen-bond acceptors (Lipinski definition) is 6. The average molecular weight is 374 g/mol. The maximum atomic E-state index is 9.70. The molecule has 0 fully saturated rings. The van der Waals surface area contributed by atoms with Gasteiger partial charge < -0.3 is 14.3 Å². The van der Waals surface area contributed by atoms with E-state index in [1.54, 1.807) is 18.2 Å². The van der Waals surface area contributed by atoms with Gasteiger partial charge in [-0.15, -0.1) is 11.3 Å². The molecule has 0 saturated heterocycles. The van der Waals surface area contributed by atoms with Crippen molar-refractivity contribution >= 4 is 34.0 Å². The molecule has 0 aliphatic rings. The highest BCUT2D eigenvalue weighted by atomic mass is 32.1. The summed E-state index contributed by atoms with van der Waals surface area (Å²) >= 11 is 1.38. The Morgan fingerprint density at radius 2 is 2.11 bits per heavy atom. The van der Waals surface area contributed by atoms with Crippen LogP contribution < -0.4 is 4.74 Å². The minimum Gasteiger partial charge on any atom is -0.504 e. The summed E-state index contributed by atoms with van der Waals surface area (Å²) in [6, 6.07) is 16.8. The fourth-order valence-electron chi connectivity index (χ4n) is 2.71. The first-order chi connectivity index (χ1) is 13.2. The number of para-hydroxylation sites is 1. The van der Waals surface area contributed by atoms with Crippen LogP contribution in [0.4, 0.5) is 0 Å². The minimum atomic E-state index is 0.0505. The molecule has 27 heavy (non-hydrogen) atoms. The zero-order valence-corrected chi connectivity index (χ0v) is 15.2. The van der Waals surface area contributed by atoms with E-state index in [0.717, 1.165) is 16.5 Å². The zero-order chi connectivity index (χ0) is 18.8. The molecule has 6 heteroatoms. The summed E-state index contributed by atoms with van der Waals surface area (Å²) in [4.78, 5) is 4.56. The van der Waals surface area contributed by atoms with Crippen molar-refractivity contribution in [3.05, 3.63) is 64.5 Å². The largest absolute Gasteiger partial charge is 0.504 e. The number of furan rings is 1. The Morgan fingerprint density at radius 3 is 2.89 bits per heavy atom. The van der Waals surface area contributed by atoms with E-state index in [2.05, 4.69) is 11.1 Å². The molecule has 0 spiro atoms. The third-order valence-corrected chi connectivity index (χ3v) is 4.92. The highest BCUT2D eigenvalue weighted by Gasteiger charge is 2.13. The van der Waals surface area contributed by atoms with Crippen molar-refractivity contribution in [1.82, 2.24) is 4.98 Å². The molecule has 0 aliphatic heterocycles. The van der Waals surface area contributed by atoms with Crippen LogP contribution in [0, 0.1) is 11.3 Å². The van der Waals surface area contributed by atoms with E-state index in [4.69, 9.17) is 9.15 Å². The van der Waals surface area contributed by atoms with E-state index < -0.39 is 0 Å². The van der Waals surface area contributed by atoms with Gasteiger partial charge in [0.25, 0.3) is 0 Å². The summed E-state index contributed by atoms with van der Waals surface area (Å²) < 4.78 is 10.9. The van der Waals surface area contributed by atoms with Crippen molar-refractivity contribution in [2.24, 2.45) is 0 Å². The second kappa shape index (κ2) is 6.98. The lowest BCUT2D eigenvalue weighted by Crippen LogP contribution is -1.86. The second-order valence-corrected chi connectivity index (χ2v) is 6.65. The summed E-state index contributed by atoms with van der Waals surface area (Å²) in [6.07, 6.45) is 1.71. The molecule has 0 aliphatic carbocycles. The van der Waals surface area contributed by atoms with Crippen LogP contribution in [0.15, 0.2) is 58.3 Å². The van der Waals surface area contributed by atoms with Crippen molar-refractivity contribution in [2.45, 2.75) is 0 Å². The molecule has 0 unspecified atom stereocenters. The Hall–Kier alpha value is -3.56. The maximum absolute atomic E-state index is 9.70. The van der Waals surface area contributed by atoms with Crippen LogP contribution in [0.5, 0.6) is 11.5 Å². The summed E-state index contributed by atoms with van der Waals surface area (Å²) in [5, 5.41) is 22.7. The maximum Gasteiger partial charge on any atom is 0.161 e. The molecule has 4 aromatic rings. The monoisotopic (exact) mass is 374 g/mol. The number of aromatic hydroxyl groups is 1. The standard InChI is InChI=1S/C21H14N2O3S/c1-25-20-9-13(6-7-17(20)24)8-15(11-22)21-23-16(12-27-21)19-10-14-4-2-3-5-18(14)26-19/h2-10,12,24H,1H3. The van der Waals surface area contributed by atoms with E-state index in [-0.39, 0.29) is 5.75 Å². The third-order valence-electron chi connectivity index (χ3n) is 4.05. The third kappa shape index (κ3) is 3.28. The second-order valence-electron chi connectivity index (χ2n) is 5.79. The van der Waals surface area contributed by atoms with E-state index in [1.807, 2.05) is 35.7 Å². The first-order valence-electron chi connectivity index (χ1n) is 8.11. The summed E-state index contributed by atoms with van der Waals surface area (Å²) in [7, 11) is 1.48. The smallest absolute Gasteiger partial charge is 0.161 e. The van der Waals surface area contributed by atoms with Crippen LogP contribution in [0.25, 0.3) is 34.1 Å². The van der Waals surface area contributed by atoms with Crippen molar-refractivity contribution in [1.29, 1.82) is 5.26 Å². The lowest BCUT2D eigenvalue weighted by Gasteiger charge is -2.04. The summed E-state index contributed by atoms with van der Waals surface area (Å²) in [5.74, 6) is 1.07. The molecule has 132 valence electrons. The molecule has 2 heterocycles. The van der Waals surface area contributed by atoms with Gasteiger partial charge in [-0.25, -0.2) is 4.98 Å². The normalized spacial score (nSPS) is 11.5. The van der Waals surface area contributed by atoms with Gasteiger partial charge in [-0.05, 0) is 35.9 Å². The van der Waals surface area contributed by atoms with Crippen molar-refractivity contribution in [3.63, 3.8) is 0 Å². The van der Waals surface area contributed by atoms with Gasteiger partial charge in [0, 0.05) is 10.8 Å². The number of methoxy groups -OCH3 is 1. The molecular weight excluding hydrogens is 360 g/mol. The van der Waals surface area contributed by atoms with Crippen LogP contribution in [0.2, 0.25) is 0 Å². The Kier molecular flexibility index (Phi) is 4.37. The minimum absolute atomic E-state index is 0.0505. The van der Waals surface area contributed by atoms with E-state index in [9.17, 15) is 10.4 Å². The SMILES string of the molecule is COc1cc(C=C(C#N)c2nc(-c3cc4ccccc4o3)cs2)ccc1O. The highest BCUT2D eigenvalue weighted by molar-refractivity contribution is 7.11. The average Bonchev–Trinajstić information content (AvgIpc) is 3.34. The van der Waals surface area contributed by atoms with Crippen molar-refractivity contribution in [3.8, 4) is 29.0 Å². The molecule has 4 rings (SSSR count). The molecule has 0 saturated carbocycles. The molecule has 0 radical (unpaired) electrons. The summed E-state index contributed by atoms with van der Waals surface area (Å²) in [5.41, 5.74) is 2.65. The number of nitrogens with zero attached hydrogens (tertiary/aromatic N) is 2. The van der Waals surface area contributed by atoms with Crippen molar-refractivity contribution in [2.75, 3.05) is 7.11 Å². The number of phenolic OH excluding ortho intramolecular Hbond substituents is 1. The van der Waals surface area contributed by atoms with Gasteiger partial charge in [0.05, 0.1) is 12.7 Å². The molecule has 2 aromatic heterocycles. The number of rotatable bonds is 4. The number of hydrogen-bond donors (Lipinski definition) is 1. The van der Waals surface area contributed by atoms with Gasteiger partial charge in [0.15, 0.2) is 17.3 Å². The number of aromatic nitrogens is 1. The Bertz CT molecular complexity index is 1160. The number of allylic oxidation sites excluding steroid dienone is 1.